The molecule has 1 heterocycles. The van der Waals surface area contributed by atoms with Gasteiger partial charge in [-0.25, -0.2) is 13.1 Å². The molecule has 0 aromatic heterocycles. The standard InChI is InChI=1S/C18H21N3O4S/c1-12-9-13(2)18(10-17(12)21(22)23)26(24,25)20-11-16-15-6-4-3-5-14(15)7-8-19-16/h3-6,9-10,16,19-20H,7-8,11H2,1-2H3. The van der Waals surface area contributed by atoms with E-state index >= 15 is 0 Å². The first-order chi connectivity index (χ1) is 12.3. The molecule has 2 N–H and O–H groups in total. The zero-order chi connectivity index (χ0) is 18.9. The fourth-order valence-electron chi connectivity index (χ4n) is 3.35. The van der Waals surface area contributed by atoms with Crippen LogP contribution in [0, 0.1) is 24.0 Å². The van der Waals surface area contributed by atoms with Crippen molar-refractivity contribution in [1.29, 1.82) is 0 Å². The van der Waals surface area contributed by atoms with E-state index in [0.29, 0.717) is 11.1 Å². The quantitative estimate of drug-likeness (QED) is 0.617. The Morgan fingerprint density at radius 2 is 1.96 bits per heavy atom. The summed E-state index contributed by atoms with van der Waals surface area (Å²) in [7, 11) is -3.86. The molecule has 3 rings (SSSR count). The van der Waals surface area contributed by atoms with Gasteiger partial charge in [0, 0.05) is 24.2 Å². The van der Waals surface area contributed by atoms with Crippen molar-refractivity contribution in [2.75, 3.05) is 13.1 Å². The SMILES string of the molecule is Cc1cc(C)c(S(=O)(=O)NCC2NCCc3ccccc32)cc1[N+](=O)[O-]. The van der Waals surface area contributed by atoms with E-state index in [9.17, 15) is 18.5 Å². The molecule has 0 bridgehead atoms. The van der Waals surface area contributed by atoms with Gasteiger partial charge >= 0.3 is 0 Å². The van der Waals surface area contributed by atoms with Gasteiger partial charge in [-0.1, -0.05) is 24.3 Å². The van der Waals surface area contributed by atoms with Crippen molar-refractivity contribution in [3.8, 4) is 0 Å². The summed E-state index contributed by atoms with van der Waals surface area (Å²) in [5, 5.41) is 14.5. The fourth-order valence-corrected chi connectivity index (χ4v) is 4.64. The van der Waals surface area contributed by atoms with E-state index in [1.54, 1.807) is 13.8 Å². The van der Waals surface area contributed by atoms with Gasteiger partial charge in [0.1, 0.15) is 0 Å². The van der Waals surface area contributed by atoms with E-state index < -0.39 is 14.9 Å². The Morgan fingerprint density at radius 3 is 2.69 bits per heavy atom. The fraction of sp³-hybridized carbons (Fsp3) is 0.333. The van der Waals surface area contributed by atoms with Crippen molar-refractivity contribution >= 4 is 15.7 Å². The van der Waals surface area contributed by atoms with Crippen LogP contribution in [0.1, 0.15) is 28.3 Å². The largest absolute Gasteiger partial charge is 0.308 e. The molecule has 0 amide bonds. The number of nitro groups is 1. The van der Waals surface area contributed by atoms with Crippen LogP contribution < -0.4 is 10.0 Å². The average molecular weight is 375 g/mol. The first-order valence-corrected chi connectivity index (χ1v) is 9.84. The highest BCUT2D eigenvalue weighted by Crippen LogP contribution is 2.27. The molecule has 0 fully saturated rings. The number of aryl methyl sites for hydroxylation is 2. The second kappa shape index (κ2) is 7.14. The van der Waals surface area contributed by atoms with Gasteiger partial charge in [-0.2, -0.15) is 0 Å². The zero-order valence-electron chi connectivity index (χ0n) is 14.7. The van der Waals surface area contributed by atoms with Gasteiger partial charge in [-0.3, -0.25) is 10.1 Å². The molecular weight excluding hydrogens is 354 g/mol. The summed E-state index contributed by atoms with van der Waals surface area (Å²) in [6.07, 6.45) is 0.905. The molecular formula is C18H21N3O4S. The third-order valence-corrected chi connectivity index (χ3v) is 6.24. The van der Waals surface area contributed by atoms with Crippen LogP contribution >= 0.6 is 0 Å². The molecule has 1 aliphatic rings. The molecule has 0 saturated heterocycles. The van der Waals surface area contributed by atoms with Crippen LogP contribution in [0.2, 0.25) is 0 Å². The number of nitro benzene ring substituents is 1. The van der Waals surface area contributed by atoms with Gasteiger partial charge in [-0.15, -0.1) is 0 Å². The minimum Gasteiger partial charge on any atom is -0.308 e. The molecule has 7 nitrogen and oxygen atoms in total. The van der Waals surface area contributed by atoms with Gasteiger partial charge in [-0.05, 0) is 49.6 Å². The molecule has 1 unspecified atom stereocenters. The third-order valence-electron chi connectivity index (χ3n) is 4.67. The molecule has 0 aliphatic carbocycles. The van der Waals surface area contributed by atoms with Gasteiger partial charge in [0.2, 0.25) is 10.0 Å². The predicted molar refractivity (Wildman–Crippen MR) is 98.6 cm³/mol. The van der Waals surface area contributed by atoms with Crippen molar-refractivity contribution < 1.29 is 13.3 Å². The molecule has 26 heavy (non-hydrogen) atoms. The van der Waals surface area contributed by atoms with E-state index in [-0.39, 0.29) is 23.2 Å². The van der Waals surface area contributed by atoms with E-state index in [1.165, 1.54) is 11.6 Å². The Labute approximate surface area is 152 Å². The van der Waals surface area contributed by atoms with Crippen LogP contribution in [-0.2, 0) is 16.4 Å². The van der Waals surface area contributed by atoms with E-state index in [2.05, 4.69) is 10.0 Å². The Hall–Kier alpha value is -2.29. The van der Waals surface area contributed by atoms with Crippen LogP contribution in [0.5, 0.6) is 0 Å². The summed E-state index contributed by atoms with van der Waals surface area (Å²) in [5.74, 6) is 0. The minimum absolute atomic E-state index is 0.0566. The van der Waals surface area contributed by atoms with Gasteiger partial charge in [0.25, 0.3) is 5.69 Å². The van der Waals surface area contributed by atoms with Crippen molar-refractivity contribution in [3.05, 3.63) is 68.8 Å². The highest BCUT2D eigenvalue weighted by Gasteiger charge is 2.25. The minimum atomic E-state index is -3.86. The molecule has 0 radical (unpaired) electrons. The lowest BCUT2D eigenvalue weighted by Gasteiger charge is -2.27. The van der Waals surface area contributed by atoms with Crippen molar-refractivity contribution in [3.63, 3.8) is 0 Å². The number of benzene rings is 2. The lowest BCUT2D eigenvalue weighted by Crippen LogP contribution is -2.39. The summed E-state index contributed by atoms with van der Waals surface area (Å²) in [6.45, 7) is 4.19. The van der Waals surface area contributed by atoms with E-state index in [1.807, 2.05) is 24.3 Å². The first-order valence-electron chi connectivity index (χ1n) is 8.36. The summed E-state index contributed by atoms with van der Waals surface area (Å²) in [6, 6.07) is 10.5. The first kappa shape index (κ1) is 18.5. The highest BCUT2D eigenvalue weighted by molar-refractivity contribution is 7.89. The van der Waals surface area contributed by atoms with Crippen molar-refractivity contribution in [1.82, 2.24) is 10.0 Å². The maximum absolute atomic E-state index is 12.7. The lowest BCUT2D eigenvalue weighted by atomic mass is 9.95. The van der Waals surface area contributed by atoms with Crippen LogP contribution in [0.4, 0.5) is 5.69 Å². The average Bonchev–Trinajstić information content (AvgIpc) is 2.59. The van der Waals surface area contributed by atoms with Gasteiger partial charge in [0.05, 0.1) is 9.82 Å². The molecule has 138 valence electrons. The topological polar surface area (TPSA) is 101 Å². The van der Waals surface area contributed by atoms with Gasteiger partial charge < -0.3 is 5.32 Å². The maximum Gasteiger partial charge on any atom is 0.273 e. The summed E-state index contributed by atoms with van der Waals surface area (Å²) >= 11 is 0. The number of hydrogen-bond acceptors (Lipinski definition) is 5. The third kappa shape index (κ3) is 3.62. The number of hydrogen-bond donors (Lipinski definition) is 2. The Balaban J connectivity index is 1.85. The normalized spacial score (nSPS) is 16.9. The molecule has 1 aliphatic heterocycles. The van der Waals surface area contributed by atoms with Crippen molar-refractivity contribution in [2.45, 2.75) is 31.2 Å². The predicted octanol–water partition coefficient (Wildman–Crippen LogP) is 2.38. The molecule has 0 spiro atoms. The van der Waals surface area contributed by atoms with Crippen LogP contribution in [-0.4, -0.2) is 26.4 Å². The second-order valence-corrected chi connectivity index (χ2v) is 8.20. The summed E-state index contributed by atoms with van der Waals surface area (Å²) < 4.78 is 28.1. The second-order valence-electron chi connectivity index (χ2n) is 6.47. The smallest absolute Gasteiger partial charge is 0.273 e. The number of rotatable bonds is 5. The maximum atomic E-state index is 12.7. The molecule has 2 aromatic carbocycles. The molecule has 8 heteroatoms. The number of nitrogens with zero attached hydrogens (tertiary/aromatic N) is 1. The van der Waals surface area contributed by atoms with Crippen LogP contribution in [0.3, 0.4) is 0 Å². The number of fused-ring (bicyclic) bond motifs is 1. The number of sulfonamides is 1. The lowest BCUT2D eigenvalue weighted by molar-refractivity contribution is -0.385. The van der Waals surface area contributed by atoms with Gasteiger partial charge in [0.15, 0.2) is 0 Å². The summed E-state index contributed by atoms with van der Waals surface area (Å²) in [4.78, 5) is 10.5. The van der Waals surface area contributed by atoms with E-state index in [0.717, 1.165) is 24.6 Å². The monoisotopic (exact) mass is 375 g/mol. The zero-order valence-corrected chi connectivity index (χ0v) is 15.5. The Bertz CT molecular complexity index is 957. The van der Waals surface area contributed by atoms with Crippen LogP contribution in [0.25, 0.3) is 0 Å². The van der Waals surface area contributed by atoms with Crippen LogP contribution in [0.15, 0.2) is 41.3 Å². The van der Waals surface area contributed by atoms with Crippen molar-refractivity contribution in [2.24, 2.45) is 0 Å². The summed E-state index contributed by atoms with van der Waals surface area (Å²) in [5.41, 5.74) is 3.01. The molecule has 0 saturated carbocycles. The molecule has 2 aromatic rings. The highest BCUT2D eigenvalue weighted by atomic mass is 32.2. The number of nitrogens with one attached hydrogen (secondary N) is 2. The Morgan fingerprint density at radius 1 is 1.23 bits per heavy atom. The molecule has 1 atom stereocenters. The Kier molecular flexibility index (Phi) is 5.08. The van der Waals surface area contributed by atoms with E-state index in [4.69, 9.17) is 0 Å².